The van der Waals surface area contributed by atoms with Gasteiger partial charge in [-0.3, -0.25) is 0 Å². The molecule has 0 amide bonds. The standard InChI is InChI=1S/C8H10ClFN2/c1-5(11-2)6-3-4-12-8(9)7(6)10/h3-5,11H,1-2H3/t5-/m1/s1. The summed E-state index contributed by atoms with van der Waals surface area (Å²) >= 11 is 5.50. The molecule has 4 heteroatoms. The second-order valence-corrected chi connectivity index (χ2v) is 2.87. The van der Waals surface area contributed by atoms with E-state index >= 15 is 0 Å². The molecule has 0 radical (unpaired) electrons. The number of pyridine rings is 1. The summed E-state index contributed by atoms with van der Waals surface area (Å²) in [6.45, 7) is 1.86. The van der Waals surface area contributed by atoms with E-state index < -0.39 is 5.82 Å². The Balaban J connectivity index is 3.07. The van der Waals surface area contributed by atoms with E-state index in [4.69, 9.17) is 11.6 Å². The minimum Gasteiger partial charge on any atom is -0.313 e. The smallest absolute Gasteiger partial charge is 0.165 e. The fourth-order valence-electron chi connectivity index (χ4n) is 0.922. The molecule has 66 valence electrons. The lowest BCUT2D eigenvalue weighted by Crippen LogP contribution is -2.14. The summed E-state index contributed by atoms with van der Waals surface area (Å²) < 4.78 is 13.2. The molecule has 1 N–H and O–H groups in total. The number of hydrogen-bond donors (Lipinski definition) is 1. The number of nitrogens with zero attached hydrogens (tertiary/aromatic N) is 1. The maximum Gasteiger partial charge on any atom is 0.165 e. The average molecular weight is 189 g/mol. The quantitative estimate of drug-likeness (QED) is 0.720. The number of rotatable bonds is 2. The Hall–Kier alpha value is -0.670. The minimum atomic E-state index is -0.444. The SMILES string of the molecule is CN[C@H](C)c1ccnc(Cl)c1F. The Morgan fingerprint density at radius 3 is 2.92 bits per heavy atom. The summed E-state index contributed by atoms with van der Waals surface area (Å²) in [6, 6.07) is 1.56. The molecule has 0 saturated heterocycles. The molecule has 1 aromatic rings. The summed E-state index contributed by atoms with van der Waals surface area (Å²) in [5.41, 5.74) is 0.539. The van der Waals surface area contributed by atoms with Gasteiger partial charge in [-0.1, -0.05) is 11.6 Å². The van der Waals surface area contributed by atoms with Gasteiger partial charge in [0.25, 0.3) is 0 Å². The zero-order chi connectivity index (χ0) is 9.14. The van der Waals surface area contributed by atoms with Gasteiger partial charge in [0.05, 0.1) is 0 Å². The van der Waals surface area contributed by atoms with Crippen LogP contribution in [0.1, 0.15) is 18.5 Å². The zero-order valence-electron chi connectivity index (χ0n) is 6.94. The van der Waals surface area contributed by atoms with Gasteiger partial charge in [0.1, 0.15) is 0 Å². The van der Waals surface area contributed by atoms with E-state index in [1.807, 2.05) is 6.92 Å². The minimum absolute atomic E-state index is 0.0505. The van der Waals surface area contributed by atoms with E-state index in [-0.39, 0.29) is 11.2 Å². The van der Waals surface area contributed by atoms with Crippen molar-refractivity contribution >= 4 is 11.6 Å². The molecule has 12 heavy (non-hydrogen) atoms. The molecule has 0 aliphatic carbocycles. The molecule has 0 aromatic carbocycles. The van der Waals surface area contributed by atoms with E-state index in [1.165, 1.54) is 6.20 Å². The largest absolute Gasteiger partial charge is 0.313 e. The van der Waals surface area contributed by atoms with Crippen molar-refractivity contribution in [3.63, 3.8) is 0 Å². The first-order valence-corrected chi connectivity index (χ1v) is 4.01. The van der Waals surface area contributed by atoms with E-state index in [9.17, 15) is 4.39 Å². The van der Waals surface area contributed by atoms with Crippen LogP contribution in [-0.4, -0.2) is 12.0 Å². The topological polar surface area (TPSA) is 24.9 Å². The highest BCUT2D eigenvalue weighted by Gasteiger charge is 2.11. The Morgan fingerprint density at radius 2 is 2.33 bits per heavy atom. The van der Waals surface area contributed by atoms with Gasteiger partial charge < -0.3 is 5.32 Å². The first-order valence-electron chi connectivity index (χ1n) is 3.64. The first kappa shape index (κ1) is 9.42. The molecule has 0 bridgehead atoms. The molecule has 1 heterocycles. The molecule has 1 rings (SSSR count). The molecule has 1 atom stereocenters. The van der Waals surface area contributed by atoms with Crippen LogP contribution < -0.4 is 5.32 Å². The predicted molar refractivity (Wildman–Crippen MR) is 46.7 cm³/mol. The Labute approximate surface area is 75.8 Å². The molecule has 0 saturated carbocycles. The van der Waals surface area contributed by atoms with Gasteiger partial charge in [-0.05, 0) is 20.0 Å². The summed E-state index contributed by atoms with van der Waals surface area (Å²) in [5.74, 6) is -0.444. The van der Waals surface area contributed by atoms with Gasteiger partial charge in [-0.25, -0.2) is 9.37 Å². The fourth-order valence-corrected chi connectivity index (χ4v) is 1.09. The van der Waals surface area contributed by atoms with Crippen molar-refractivity contribution in [2.75, 3.05) is 7.05 Å². The molecular formula is C8H10ClFN2. The second kappa shape index (κ2) is 3.83. The first-order chi connectivity index (χ1) is 5.66. The molecule has 0 aliphatic heterocycles. The lowest BCUT2D eigenvalue weighted by Gasteiger charge is -2.11. The van der Waals surface area contributed by atoms with Crippen molar-refractivity contribution in [1.82, 2.24) is 10.3 Å². The Kier molecular flexibility index (Phi) is 3.00. The van der Waals surface area contributed by atoms with Crippen LogP contribution in [-0.2, 0) is 0 Å². The summed E-state index contributed by atoms with van der Waals surface area (Å²) in [6.07, 6.45) is 1.49. The maximum atomic E-state index is 13.2. The van der Waals surface area contributed by atoms with Crippen LogP contribution in [0.2, 0.25) is 5.15 Å². The number of aromatic nitrogens is 1. The molecule has 0 fully saturated rings. The van der Waals surface area contributed by atoms with E-state index in [0.29, 0.717) is 5.56 Å². The molecular weight excluding hydrogens is 179 g/mol. The molecule has 0 spiro atoms. The summed E-state index contributed by atoms with van der Waals surface area (Å²) in [5, 5.41) is 2.85. The van der Waals surface area contributed by atoms with E-state index in [0.717, 1.165) is 0 Å². The van der Waals surface area contributed by atoms with Gasteiger partial charge in [-0.15, -0.1) is 0 Å². The highest BCUT2D eigenvalue weighted by Crippen LogP contribution is 2.20. The van der Waals surface area contributed by atoms with Crippen LogP contribution >= 0.6 is 11.6 Å². The molecule has 0 aliphatic rings. The lowest BCUT2D eigenvalue weighted by atomic mass is 10.1. The van der Waals surface area contributed by atoms with Crippen LogP contribution in [0, 0.1) is 5.82 Å². The zero-order valence-corrected chi connectivity index (χ0v) is 7.69. The van der Waals surface area contributed by atoms with Crippen LogP contribution in [0.25, 0.3) is 0 Å². The predicted octanol–water partition coefficient (Wildman–Crippen LogP) is 2.15. The van der Waals surface area contributed by atoms with Gasteiger partial charge in [-0.2, -0.15) is 0 Å². The Bertz CT molecular complexity index is 278. The maximum absolute atomic E-state index is 13.2. The van der Waals surface area contributed by atoms with Crippen LogP contribution in [0.5, 0.6) is 0 Å². The number of nitrogens with one attached hydrogen (secondary N) is 1. The third-order valence-electron chi connectivity index (χ3n) is 1.78. The normalized spacial score (nSPS) is 13.0. The highest BCUT2D eigenvalue weighted by molar-refractivity contribution is 6.29. The number of halogens is 2. The lowest BCUT2D eigenvalue weighted by molar-refractivity contribution is 0.557. The van der Waals surface area contributed by atoms with Crippen molar-refractivity contribution in [3.8, 4) is 0 Å². The number of hydrogen-bond acceptors (Lipinski definition) is 2. The monoisotopic (exact) mass is 188 g/mol. The second-order valence-electron chi connectivity index (χ2n) is 2.52. The summed E-state index contributed by atoms with van der Waals surface area (Å²) in [4.78, 5) is 3.62. The molecule has 0 unspecified atom stereocenters. The van der Waals surface area contributed by atoms with Crippen molar-refractivity contribution in [1.29, 1.82) is 0 Å². The third kappa shape index (κ3) is 1.73. The van der Waals surface area contributed by atoms with Gasteiger partial charge in [0.2, 0.25) is 0 Å². The third-order valence-corrected chi connectivity index (χ3v) is 2.04. The Morgan fingerprint density at radius 1 is 1.67 bits per heavy atom. The van der Waals surface area contributed by atoms with E-state index in [1.54, 1.807) is 13.1 Å². The van der Waals surface area contributed by atoms with Crippen LogP contribution in [0.3, 0.4) is 0 Å². The average Bonchev–Trinajstić information content (AvgIpc) is 2.08. The molecule has 1 aromatic heterocycles. The van der Waals surface area contributed by atoms with Gasteiger partial charge in [0.15, 0.2) is 11.0 Å². The van der Waals surface area contributed by atoms with Crippen molar-refractivity contribution in [3.05, 3.63) is 28.8 Å². The molecule has 2 nitrogen and oxygen atoms in total. The van der Waals surface area contributed by atoms with Crippen molar-refractivity contribution in [2.45, 2.75) is 13.0 Å². The van der Waals surface area contributed by atoms with Crippen molar-refractivity contribution in [2.24, 2.45) is 0 Å². The van der Waals surface area contributed by atoms with Gasteiger partial charge >= 0.3 is 0 Å². The van der Waals surface area contributed by atoms with Crippen molar-refractivity contribution < 1.29 is 4.39 Å². The van der Waals surface area contributed by atoms with Crippen LogP contribution in [0.15, 0.2) is 12.3 Å². The van der Waals surface area contributed by atoms with Gasteiger partial charge in [0, 0.05) is 17.8 Å². The summed E-state index contributed by atoms with van der Waals surface area (Å²) in [7, 11) is 1.76. The van der Waals surface area contributed by atoms with Crippen LogP contribution in [0.4, 0.5) is 4.39 Å². The van der Waals surface area contributed by atoms with E-state index in [2.05, 4.69) is 10.3 Å². The highest BCUT2D eigenvalue weighted by atomic mass is 35.5. The fraction of sp³-hybridized carbons (Fsp3) is 0.375.